The van der Waals surface area contributed by atoms with Crippen LogP contribution < -0.4 is 10.6 Å². The van der Waals surface area contributed by atoms with E-state index in [1.54, 1.807) is 18.5 Å². The highest BCUT2D eigenvalue weighted by atomic mass is 35.5. The van der Waals surface area contributed by atoms with Crippen molar-refractivity contribution in [3.8, 4) is 0 Å². The number of carbonyl (C=O) groups excluding carboxylic acids is 1. The molecule has 2 amide bonds. The predicted molar refractivity (Wildman–Crippen MR) is 113 cm³/mol. The van der Waals surface area contributed by atoms with Crippen LogP contribution in [0.2, 0.25) is 10.0 Å². The van der Waals surface area contributed by atoms with Crippen molar-refractivity contribution in [3.05, 3.63) is 51.4 Å². The van der Waals surface area contributed by atoms with Gasteiger partial charge < -0.3 is 9.73 Å². The first-order chi connectivity index (χ1) is 13.2. The van der Waals surface area contributed by atoms with Crippen LogP contribution in [-0.2, 0) is 5.41 Å². The second kappa shape index (κ2) is 8.30. The van der Waals surface area contributed by atoms with Gasteiger partial charge in [0, 0.05) is 35.0 Å². The molecule has 2 N–H and O–H groups in total. The first kappa shape index (κ1) is 20.3. The number of aromatic nitrogens is 3. The first-order valence-electron chi connectivity index (χ1n) is 8.19. The van der Waals surface area contributed by atoms with Gasteiger partial charge in [-0.2, -0.15) is 0 Å². The van der Waals surface area contributed by atoms with Gasteiger partial charge in [-0.15, -0.1) is 0 Å². The van der Waals surface area contributed by atoms with Crippen LogP contribution in [0.4, 0.5) is 15.6 Å². The molecule has 0 unspecified atom stereocenters. The van der Waals surface area contributed by atoms with E-state index in [2.05, 4.69) is 46.4 Å². The average Bonchev–Trinajstić information content (AvgIpc) is 3.25. The van der Waals surface area contributed by atoms with Crippen LogP contribution in [-0.4, -0.2) is 21.0 Å². The van der Waals surface area contributed by atoms with Crippen molar-refractivity contribution in [2.24, 2.45) is 0 Å². The van der Waals surface area contributed by atoms with E-state index in [0.29, 0.717) is 11.0 Å². The Morgan fingerprint density at radius 3 is 2.43 bits per heavy atom. The molecule has 0 saturated carbocycles. The lowest BCUT2D eigenvalue weighted by atomic mass is 9.94. The quantitative estimate of drug-likeness (QED) is 0.526. The van der Waals surface area contributed by atoms with Gasteiger partial charge in [-0.3, -0.25) is 10.3 Å². The smallest absolute Gasteiger partial charge is 0.325 e. The fraction of sp³-hybridized carbons (Fsp3) is 0.222. The number of halogens is 2. The number of anilines is 2. The number of oxazole rings is 1. The summed E-state index contributed by atoms with van der Waals surface area (Å²) in [5.41, 5.74) is 0.181. The van der Waals surface area contributed by atoms with E-state index in [1.807, 2.05) is 6.08 Å². The second-order valence-corrected chi connectivity index (χ2v) is 8.65. The number of nitrogens with zero attached hydrogens (tertiary/aromatic N) is 3. The maximum Gasteiger partial charge on any atom is 0.325 e. The van der Waals surface area contributed by atoms with Gasteiger partial charge in [0.25, 0.3) is 0 Å². The SMILES string of the molecule is CC(C)(C)c1cnc(C=Cc2cnc(NC(=O)Nc3c(Cl)cncc3Cl)s2)o1. The molecular weight excluding hydrogens is 421 g/mol. The Morgan fingerprint density at radius 2 is 1.79 bits per heavy atom. The number of hydrogen-bond donors (Lipinski definition) is 2. The molecule has 0 aliphatic rings. The molecule has 28 heavy (non-hydrogen) atoms. The summed E-state index contributed by atoms with van der Waals surface area (Å²) in [7, 11) is 0. The average molecular weight is 438 g/mol. The lowest BCUT2D eigenvalue weighted by Gasteiger charge is -2.12. The van der Waals surface area contributed by atoms with Crippen LogP contribution in [0.1, 0.15) is 37.3 Å². The summed E-state index contributed by atoms with van der Waals surface area (Å²) in [6.07, 6.45) is 9.71. The molecule has 0 aromatic carbocycles. The minimum atomic E-state index is -0.512. The van der Waals surface area contributed by atoms with Gasteiger partial charge in [0.05, 0.1) is 21.9 Å². The highest BCUT2D eigenvalue weighted by Crippen LogP contribution is 2.29. The van der Waals surface area contributed by atoms with Gasteiger partial charge in [0.2, 0.25) is 5.89 Å². The Kier molecular flexibility index (Phi) is 6.02. The standard InChI is InChI=1S/C18H17Cl2N5O2S/c1-18(2,3)13-9-22-14(27-13)5-4-10-6-23-17(28-10)25-16(26)24-15-11(19)7-21-8-12(15)20/h4-9H,1-3H3,(H2,21,23,24,25,26). The molecule has 3 heterocycles. The Bertz CT molecular complexity index is 1000. The van der Waals surface area contributed by atoms with Crippen molar-refractivity contribution in [1.82, 2.24) is 15.0 Å². The molecular formula is C18H17Cl2N5O2S. The Balaban J connectivity index is 1.62. The summed E-state index contributed by atoms with van der Waals surface area (Å²) >= 11 is 13.3. The monoisotopic (exact) mass is 437 g/mol. The van der Waals surface area contributed by atoms with Gasteiger partial charge in [-0.05, 0) is 6.08 Å². The molecule has 0 aliphatic heterocycles. The van der Waals surface area contributed by atoms with Crippen molar-refractivity contribution < 1.29 is 9.21 Å². The Hall–Kier alpha value is -2.42. The first-order valence-corrected chi connectivity index (χ1v) is 9.77. The van der Waals surface area contributed by atoms with Crippen LogP contribution in [0.15, 0.2) is 29.2 Å². The Labute approximate surface area is 175 Å². The van der Waals surface area contributed by atoms with Gasteiger partial charge >= 0.3 is 6.03 Å². The molecule has 10 heteroatoms. The summed E-state index contributed by atoms with van der Waals surface area (Å²) in [5.74, 6) is 1.32. The molecule has 0 atom stereocenters. The van der Waals surface area contributed by atoms with Gasteiger partial charge in [0.15, 0.2) is 5.13 Å². The number of urea groups is 1. The normalized spacial score (nSPS) is 11.8. The van der Waals surface area contributed by atoms with Gasteiger partial charge in [0.1, 0.15) is 5.76 Å². The summed E-state index contributed by atoms with van der Waals surface area (Å²) in [6, 6.07) is -0.512. The number of carbonyl (C=O) groups is 1. The highest BCUT2D eigenvalue weighted by molar-refractivity contribution is 7.16. The minimum absolute atomic E-state index is 0.103. The van der Waals surface area contributed by atoms with E-state index < -0.39 is 6.03 Å². The summed E-state index contributed by atoms with van der Waals surface area (Å²) < 4.78 is 5.71. The molecule has 7 nitrogen and oxygen atoms in total. The van der Waals surface area contributed by atoms with E-state index in [0.717, 1.165) is 10.6 Å². The number of amides is 2. The number of rotatable bonds is 4. The number of pyridine rings is 1. The maximum absolute atomic E-state index is 12.1. The van der Waals surface area contributed by atoms with Crippen molar-refractivity contribution in [2.75, 3.05) is 10.6 Å². The minimum Gasteiger partial charge on any atom is -0.441 e. The van der Waals surface area contributed by atoms with Crippen molar-refractivity contribution in [3.63, 3.8) is 0 Å². The summed E-state index contributed by atoms with van der Waals surface area (Å²) in [6.45, 7) is 6.17. The molecule has 3 aromatic heterocycles. The summed E-state index contributed by atoms with van der Waals surface area (Å²) in [5, 5.41) is 6.12. The van der Waals surface area contributed by atoms with Crippen LogP contribution in [0.5, 0.6) is 0 Å². The number of hydrogen-bond acceptors (Lipinski definition) is 6. The van der Waals surface area contributed by atoms with Crippen LogP contribution >= 0.6 is 34.5 Å². The molecule has 3 aromatic rings. The molecule has 0 aliphatic carbocycles. The van der Waals surface area contributed by atoms with Crippen molar-refractivity contribution >= 4 is 63.5 Å². The molecule has 0 spiro atoms. The molecule has 0 fully saturated rings. The van der Waals surface area contributed by atoms with Crippen molar-refractivity contribution in [2.45, 2.75) is 26.2 Å². The molecule has 0 radical (unpaired) electrons. The van der Waals surface area contributed by atoms with Crippen molar-refractivity contribution in [1.29, 1.82) is 0 Å². The fourth-order valence-electron chi connectivity index (χ4n) is 2.06. The number of thiazole rings is 1. The zero-order valence-corrected chi connectivity index (χ0v) is 17.6. The van der Waals surface area contributed by atoms with Crippen LogP contribution in [0, 0.1) is 0 Å². The lowest BCUT2D eigenvalue weighted by Crippen LogP contribution is -2.19. The van der Waals surface area contributed by atoms with E-state index in [4.69, 9.17) is 27.6 Å². The largest absolute Gasteiger partial charge is 0.441 e. The molecule has 146 valence electrons. The zero-order valence-electron chi connectivity index (χ0n) is 15.3. The van der Waals surface area contributed by atoms with E-state index in [1.165, 1.54) is 23.7 Å². The highest BCUT2D eigenvalue weighted by Gasteiger charge is 2.18. The molecule has 3 rings (SSSR count). The third-order valence-electron chi connectivity index (χ3n) is 3.49. The molecule has 0 bridgehead atoms. The van der Waals surface area contributed by atoms with Gasteiger partial charge in [-0.1, -0.05) is 55.3 Å². The predicted octanol–water partition coefficient (Wildman–Crippen LogP) is 5.94. The topological polar surface area (TPSA) is 92.9 Å². The van der Waals surface area contributed by atoms with E-state index in [9.17, 15) is 4.79 Å². The zero-order chi connectivity index (χ0) is 20.3. The maximum atomic E-state index is 12.1. The second-order valence-electron chi connectivity index (χ2n) is 6.77. The lowest BCUT2D eigenvalue weighted by molar-refractivity contribution is 0.262. The third kappa shape index (κ3) is 5.09. The van der Waals surface area contributed by atoms with E-state index in [-0.39, 0.29) is 21.1 Å². The van der Waals surface area contributed by atoms with E-state index >= 15 is 0 Å². The number of nitrogens with one attached hydrogen (secondary N) is 2. The fourth-order valence-corrected chi connectivity index (χ4v) is 3.23. The van der Waals surface area contributed by atoms with Crippen LogP contribution in [0.3, 0.4) is 0 Å². The van der Waals surface area contributed by atoms with Gasteiger partial charge in [-0.25, -0.2) is 14.8 Å². The van der Waals surface area contributed by atoms with Crippen LogP contribution in [0.25, 0.3) is 12.2 Å². The Morgan fingerprint density at radius 1 is 1.07 bits per heavy atom. The molecule has 0 saturated heterocycles. The third-order valence-corrected chi connectivity index (χ3v) is 4.94. The summed E-state index contributed by atoms with van der Waals surface area (Å²) in [4.78, 5) is 25.2.